The number of rotatable bonds is 6. The minimum atomic E-state index is 0.287. The second kappa shape index (κ2) is 6.75. The number of thioether (sulfide) groups is 1. The van der Waals surface area contributed by atoms with Gasteiger partial charge in [-0.3, -0.25) is 0 Å². The molecule has 0 radical (unpaired) electrons. The van der Waals surface area contributed by atoms with Gasteiger partial charge in [-0.25, -0.2) is 0 Å². The fourth-order valence-electron chi connectivity index (χ4n) is 1.36. The summed E-state index contributed by atoms with van der Waals surface area (Å²) in [4.78, 5) is 1.14. The Kier molecular flexibility index (Phi) is 5.58. The van der Waals surface area contributed by atoms with Crippen molar-refractivity contribution in [3.8, 4) is 0 Å². The summed E-state index contributed by atoms with van der Waals surface area (Å²) in [5, 5.41) is 0. The standard InChI is InChI=1S/C12H20N2S/c1-2-3-6-10(13)9-15-12-8-5-4-7-11(12)14/h4-5,7-8,10H,2-3,6,9,13-14H2,1H3. The SMILES string of the molecule is CCCCC(N)CSc1ccccc1N. The molecule has 0 fully saturated rings. The second-order valence-corrected chi connectivity index (χ2v) is 4.81. The van der Waals surface area contributed by atoms with Crippen LogP contribution >= 0.6 is 11.8 Å². The molecule has 84 valence electrons. The number of hydrogen-bond acceptors (Lipinski definition) is 3. The number of benzene rings is 1. The number of nitrogens with two attached hydrogens (primary N) is 2. The highest BCUT2D eigenvalue weighted by molar-refractivity contribution is 7.99. The smallest absolute Gasteiger partial charge is 0.0452 e. The van der Waals surface area contributed by atoms with Gasteiger partial charge in [-0.2, -0.15) is 0 Å². The lowest BCUT2D eigenvalue weighted by Gasteiger charge is -2.11. The molecule has 15 heavy (non-hydrogen) atoms. The third-order valence-electron chi connectivity index (χ3n) is 2.30. The van der Waals surface area contributed by atoms with Gasteiger partial charge in [0.25, 0.3) is 0 Å². The Morgan fingerprint density at radius 2 is 2.07 bits per heavy atom. The molecule has 0 aliphatic heterocycles. The zero-order valence-electron chi connectivity index (χ0n) is 9.28. The zero-order chi connectivity index (χ0) is 11.1. The normalized spacial score (nSPS) is 12.7. The number of nitrogen functional groups attached to an aromatic ring is 1. The van der Waals surface area contributed by atoms with Crippen LogP contribution in [0.4, 0.5) is 5.69 Å². The lowest BCUT2D eigenvalue weighted by Crippen LogP contribution is -2.22. The van der Waals surface area contributed by atoms with Gasteiger partial charge in [0.15, 0.2) is 0 Å². The molecule has 0 aromatic heterocycles. The van der Waals surface area contributed by atoms with Crippen molar-refractivity contribution in [2.45, 2.75) is 37.1 Å². The van der Waals surface area contributed by atoms with E-state index in [1.807, 2.05) is 24.3 Å². The van der Waals surface area contributed by atoms with Gasteiger partial charge < -0.3 is 11.5 Å². The summed E-state index contributed by atoms with van der Waals surface area (Å²) in [7, 11) is 0. The lowest BCUT2D eigenvalue weighted by atomic mass is 10.2. The molecule has 0 aliphatic carbocycles. The molecule has 0 spiro atoms. The van der Waals surface area contributed by atoms with Crippen LogP contribution in [0.5, 0.6) is 0 Å². The summed E-state index contributed by atoms with van der Waals surface area (Å²) >= 11 is 1.76. The largest absolute Gasteiger partial charge is 0.398 e. The van der Waals surface area contributed by atoms with Crippen LogP contribution in [0.2, 0.25) is 0 Å². The van der Waals surface area contributed by atoms with Crippen molar-refractivity contribution in [1.29, 1.82) is 0 Å². The Morgan fingerprint density at radius 1 is 1.33 bits per heavy atom. The van der Waals surface area contributed by atoms with Crippen LogP contribution < -0.4 is 11.5 Å². The summed E-state index contributed by atoms with van der Waals surface area (Å²) in [5.74, 6) is 0.953. The Hall–Kier alpha value is -0.670. The molecular weight excluding hydrogens is 204 g/mol. The summed E-state index contributed by atoms with van der Waals surface area (Å²) in [6, 6.07) is 8.23. The predicted octanol–water partition coefficient (Wildman–Crippen LogP) is 2.88. The Morgan fingerprint density at radius 3 is 2.73 bits per heavy atom. The average Bonchev–Trinajstić information content (AvgIpc) is 2.25. The van der Waals surface area contributed by atoms with Crippen LogP contribution in [0, 0.1) is 0 Å². The van der Waals surface area contributed by atoms with Gasteiger partial charge in [-0.1, -0.05) is 31.9 Å². The maximum absolute atomic E-state index is 6.00. The van der Waals surface area contributed by atoms with E-state index in [1.54, 1.807) is 11.8 Å². The molecule has 0 amide bonds. The molecule has 1 aromatic carbocycles. The van der Waals surface area contributed by atoms with E-state index in [0.29, 0.717) is 0 Å². The summed E-state index contributed by atoms with van der Waals surface area (Å²) in [5.41, 5.74) is 12.7. The molecule has 1 rings (SSSR count). The number of unbranched alkanes of at least 4 members (excludes halogenated alkanes) is 1. The van der Waals surface area contributed by atoms with Gasteiger partial charge in [0, 0.05) is 22.4 Å². The van der Waals surface area contributed by atoms with E-state index in [0.717, 1.165) is 22.8 Å². The average molecular weight is 224 g/mol. The molecular formula is C12H20N2S. The molecule has 0 heterocycles. The van der Waals surface area contributed by atoms with Crippen molar-refractivity contribution in [2.24, 2.45) is 5.73 Å². The summed E-state index contributed by atoms with van der Waals surface area (Å²) in [6.45, 7) is 2.19. The minimum absolute atomic E-state index is 0.287. The van der Waals surface area contributed by atoms with Crippen molar-refractivity contribution in [2.75, 3.05) is 11.5 Å². The molecule has 4 N–H and O–H groups in total. The first-order chi connectivity index (χ1) is 7.24. The Balaban J connectivity index is 2.33. The van der Waals surface area contributed by atoms with Gasteiger partial charge in [0.05, 0.1) is 0 Å². The highest BCUT2D eigenvalue weighted by atomic mass is 32.2. The fraction of sp³-hybridized carbons (Fsp3) is 0.500. The van der Waals surface area contributed by atoms with Crippen LogP contribution in [0.15, 0.2) is 29.2 Å². The van der Waals surface area contributed by atoms with E-state index in [4.69, 9.17) is 11.5 Å². The zero-order valence-corrected chi connectivity index (χ0v) is 10.1. The molecule has 0 bridgehead atoms. The van der Waals surface area contributed by atoms with Gasteiger partial charge >= 0.3 is 0 Å². The fourth-order valence-corrected chi connectivity index (χ4v) is 2.33. The van der Waals surface area contributed by atoms with Crippen LogP contribution in [0.1, 0.15) is 26.2 Å². The van der Waals surface area contributed by atoms with E-state index in [1.165, 1.54) is 12.8 Å². The van der Waals surface area contributed by atoms with Crippen molar-refractivity contribution >= 4 is 17.4 Å². The van der Waals surface area contributed by atoms with Crippen LogP contribution in [0.25, 0.3) is 0 Å². The number of para-hydroxylation sites is 1. The first-order valence-corrected chi connectivity index (χ1v) is 6.45. The first kappa shape index (κ1) is 12.4. The third-order valence-corrected chi connectivity index (χ3v) is 3.58. The van der Waals surface area contributed by atoms with E-state index in [2.05, 4.69) is 6.92 Å². The highest BCUT2D eigenvalue weighted by Crippen LogP contribution is 2.25. The second-order valence-electron chi connectivity index (χ2n) is 3.75. The molecule has 1 atom stereocenters. The summed E-state index contributed by atoms with van der Waals surface area (Å²) in [6.07, 6.45) is 3.54. The van der Waals surface area contributed by atoms with E-state index in [9.17, 15) is 0 Å². The third kappa shape index (κ3) is 4.58. The van der Waals surface area contributed by atoms with Gasteiger partial charge in [-0.05, 0) is 18.6 Å². The van der Waals surface area contributed by atoms with Crippen LogP contribution in [-0.4, -0.2) is 11.8 Å². The molecule has 2 nitrogen and oxygen atoms in total. The number of anilines is 1. The maximum Gasteiger partial charge on any atom is 0.0452 e. The maximum atomic E-state index is 6.00. The molecule has 0 saturated carbocycles. The van der Waals surface area contributed by atoms with Crippen molar-refractivity contribution in [3.05, 3.63) is 24.3 Å². The summed E-state index contributed by atoms with van der Waals surface area (Å²) < 4.78 is 0. The molecule has 0 saturated heterocycles. The van der Waals surface area contributed by atoms with E-state index in [-0.39, 0.29) is 6.04 Å². The van der Waals surface area contributed by atoms with Gasteiger partial charge in [-0.15, -0.1) is 11.8 Å². The van der Waals surface area contributed by atoms with Gasteiger partial charge in [0.2, 0.25) is 0 Å². The van der Waals surface area contributed by atoms with Crippen molar-refractivity contribution in [3.63, 3.8) is 0 Å². The Bertz CT molecular complexity index is 289. The first-order valence-electron chi connectivity index (χ1n) is 5.47. The topological polar surface area (TPSA) is 52.0 Å². The number of hydrogen-bond donors (Lipinski definition) is 2. The van der Waals surface area contributed by atoms with Crippen molar-refractivity contribution in [1.82, 2.24) is 0 Å². The monoisotopic (exact) mass is 224 g/mol. The van der Waals surface area contributed by atoms with Crippen LogP contribution in [-0.2, 0) is 0 Å². The molecule has 1 aromatic rings. The molecule has 1 unspecified atom stereocenters. The molecule has 3 heteroatoms. The Labute approximate surface area is 96.4 Å². The quantitative estimate of drug-likeness (QED) is 0.577. The van der Waals surface area contributed by atoms with Crippen LogP contribution in [0.3, 0.4) is 0 Å². The van der Waals surface area contributed by atoms with Crippen molar-refractivity contribution < 1.29 is 0 Å². The van der Waals surface area contributed by atoms with E-state index < -0.39 is 0 Å². The highest BCUT2D eigenvalue weighted by Gasteiger charge is 2.04. The van der Waals surface area contributed by atoms with E-state index >= 15 is 0 Å². The predicted molar refractivity (Wildman–Crippen MR) is 69.1 cm³/mol. The molecule has 0 aliphatic rings. The lowest BCUT2D eigenvalue weighted by molar-refractivity contribution is 0.622. The van der Waals surface area contributed by atoms with Gasteiger partial charge in [0.1, 0.15) is 0 Å². The minimum Gasteiger partial charge on any atom is -0.398 e.